The van der Waals surface area contributed by atoms with Crippen LogP contribution in [0.25, 0.3) is 0 Å². The van der Waals surface area contributed by atoms with E-state index < -0.39 is 11.9 Å². The molecule has 128 valence electrons. The van der Waals surface area contributed by atoms with E-state index in [0.717, 1.165) is 18.8 Å². The molecule has 0 saturated heterocycles. The van der Waals surface area contributed by atoms with Crippen LogP contribution in [0.2, 0.25) is 0 Å². The SMILES string of the molecule is C=CCNCCOc1cc(C(C)C)ccc1C.O=C(O)C(=O)O. The first kappa shape index (κ1) is 20.7. The number of aliphatic carboxylic acids is 2. The maximum atomic E-state index is 9.10. The molecule has 0 spiro atoms. The molecule has 0 fully saturated rings. The van der Waals surface area contributed by atoms with Crippen molar-refractivity contribution in [1.29, 1.82) is 0 Å². The lowest BCUT2D eigenvalue weighted by Gasteiger charge is -2.12. The quantitative estimate of drug-likeness (QED) is 0.405. The molecule has 1 rings (SSSR count). The third-order valence-corrected chi connectivity index (χ3v) is 2.89. The van der Waals surface area contributed by atoms with Crippen LogP contribution >= 0.6 is 0 Å². The van der Waals surface area contributed by atoms with Crippen molar-refractivity contribution >= 4 is 11.9 Å². The Morgan fingerprint density at radius 1 is 1.30 bits per heavy atom. The summed E-state index contributed by atoms with van der Waals surface area (Å²) < 4.78 is 5.78. The van der Waals surface area contributed by atoms with Crippen molar-refractivity contribution in [3.05, 3.63) is 42.0 Å². The average Bonchev–Trinajstić information content (AvgIpc) is 2.49. The molecule has 0 aliphatic rings. The molecule has 0 saturated carbocycles. The van der Waals surface area contributed by atoms with Gasteiger partial charge in [-0.1, -0.05) is 32.1 Å². The normalized spacial score (nSPS) is 9.74. The van der Waals surface area contributed by atoms with Crippen molar-refractivity contribution in [3.8, 4) is 5.75 Å². The number of nitrogens with one attached hydrogen (secondary N) is 1. The summed E-state index contributed by atoms with van der Waals surface area (Å²) in [6.07, 6.45) is 1.85. The summed E-state index contributed by atoms with van der Waals surface area (Å²) >= 11 is 0. The molecule has 6 nitrogen and oxygen atoms in total. The molecule has 1 aromatic rings. The molecular formula is C17H25NO5. The largest absolute Gasteiger partial charge is 0.492 e. The number of rotatable bonds is 7. The topological polar surface area (TPSA) is 95.9 Å². The summed E-state index contributed by atoms with van der Waals surface area (Å²) in [5.41, 5.74) is 2.52. The Bertz CT molecular complexity index is 514. The Morgan fingerprint density at radius 2 is 1.91 bits per heavy atom. The molecule has 0 radical (unpaired) electrons. The van der Waals surface area contributed by atoms with E-state index in [9.17, 15) is 0 Å². The van der Waals surface area contributed by atoms with Crippen LogP contribution in [0.3, 0.4) is 0 Å². The molecule has 6 heteroatoms. The number of ether oxygens (including phenoxy) is 1. The van der Waals surface area contributed by atoms with E-state index in [1.165, 1.54) is 11.1 Å². The fraction of sp³-hybridized carbons (Fsp3) is 0.412. The second-order valence-electron chi connectivity index (χ2n) is 5.13. The zero-order valence-corrected chi connectivity index (χ0v) is 13.8. The van der Waals surface area contributed by atoms with Gasteiger partial charge in [0, 0.05) is 13.1 Å². The molecule has 0 atom stereocenters. The smallest absolute Gasteiger partial charge is 0.414 e. The van der Waals surface area contributed by atoms with Gasteiger partial charge in [0.25, 0.3) is 0 Å². The summed E-state index contributed by atoms with van der Waals surface area (Å²) in [5, 5.41) is 18.0. The van der Waals surface area contributed by atoms with E-state index in [-0.39, 0.29) is 0 Å². The molecular weight excluding hydrogens is 298 g/mol. The van der Waals surface area contributed by atoms with Crippen LogP contribution in [0.1, 0.15) is 30.9 Å². The lowest BCUT2D eigenvalue weighted by atomic mass is 10.0. The van der Waals surface area contributed by atoms with Crippen LogP contribution in [-0.2, 0) is 9.59 Å². The Balaban J connectivity index is 0.000000688. The van der Waals surface area contributed by atoms with Crippen molar-refractivity contribution in [2.45, 2.75) is 26.7 Å². The monoisotopic (exact) mass is 323 g/mol. The molecule has 1 aromatic carbocycles. The van der Waals surface area contributed by atoms with Crippen LogP contribution in [0, 0.1) is 6.92 Å². The second kappa shape index (κ2) is 11.3. The number of carboxylic acid groups (broad SMARTS) is 2. The highest BCUT2D eigenvalue weighted by atomic mass is 16.5. The van der Waals surface area contributed by atoms with Gasteiger partial charge in [-0.3, -0.25) is 0 Å². The van der Waals surface area contributed by atoms with Gasteiger partial charge >= 0.3 is 11.9 Å². The average molecular weight is 323 g/mol. The third-order valence-electron chi connectivity index (χ3n) is 2.89. The summed E-state index contributed by atoms with van der Waals surface area (Å²) in [6.45, 7) is 12.5. The summed E-state index contributed by atoms with van der Waals surface area (Å²) in [4.78, 5) is 18.2. The van der Waals surface area contributed by atoms with E-state index in [1.807, 2.05) is 6.08 Å². The molecule has 0 amide bonds. The van der Waals surface area contributed by atoms with Crippen LogP contribution in [0.15, 0.2) is 30.9 Å². The maximum Gasteiger partial charge on any atom is 0.414 e. The van der Waals surface area contributed by atoms with Crippen molar-refractivity contribution in [2.24, 2.45) is 0 Å². The zero-order valence-electron chi connectivity index (χ0n) is 13.8. The van der Waals surface area contributed by atoms with Crippen LogP contribution in [-0.4, -0.2) is 41.8 Å². The fourth-order valence-electron chi connectivity index (χ4n) is 1.57. The van der Waals surface area contributed by atoms with E-state index in [0.29, 0.717) is 12.5 Å². The van der Waals surface area contributed by atoms with E-state index in [1.54, 1.807) is 0 Å². The molecule has 0 aromatic heterocycles. The van der Waals surface area contributed by atoms with Gasteiger partial charge in [0.15, 0.2) is 0 Å². The fourth-order valence-corrected chi connectivity index (χ4v) is 1.57. The van der Waals surface area contributed by atoms with Crippen LogP contribution < -0.4 is 10.1 Å². The van der Waals surface area contributed by atoms with Gasteiger partial charge in [-0.05, 0) is 30.0 Å². The minimum Gasteiger partial charge on any atom is -0.492 e. The number of hydrogen-bond donors (Lipinski definition) is 3. The Hall–Kier alpha value is -2.34. The minimum absolute atomic E-state index is 0.539. The van der Waals surface area contributed by atoms with Gasteiger partial charge in [0.1, 0.15) is 12.4 Å². The Morgan fingerprint density at radius 3 is 2.39 bits per heavy atom. The lowest BCUT2D eigenvalue weighted by Crippen LogP contribution is -2.21. The van der Waals surface area contributed by atoms with Gasteiger partial charge in [0.2, 0.25) is 0 Å². The van der Waals surface area contributed by atoms with Gasteiger partial charge in [-0.15, -0.1) is 6.58 Å². The number of carboxylic acids is 2. The van der Waals surface area contributed by atoms with Crippen LogP contribution in [0.4, 0.5) is 0 Å². The maximum absolute atomic E-state index is 9.10. The second-order valence-corrected chi connectivity index (χ2v) is 5.13. The molecule has 0 bridgehead atoms. The van der Waals surface area contributed by atoms with E-state index in [2.05, 4.69) is 50.9 Å². The molecule has 0 aliphatic carbocycles. The number of benzene rings is 1. The summed E-state index contributed by atoms with van der Waals surface area (Å²) in [7, 11) is 0. The zero-order chi connectivity index (χ0) is 17.8. The van der Waals surface area contributed by atoms with Gasteiger partial charge < -0.3 is 20.3 Å². The first-order valence-electron chi connectivity index (χ1n) is 7.30. The first-order chi connectivity index (χ1) is 10.8. The van der Waals surface area contributed by atoms with E-state index >= 15 is 0 Å². The van der Waals surface area contributed by atoms with Crippen molar-refractivity contribution < 1.29 is 24.5 Å². The number of aryl methyl sites for hydroxylation is 1. The Kier molecular flexibility index (Phi) is 10.1. The van der Waals surface area contributed by atoms with Crippen molar-refractivity contribution in [3.63, 3.8) is 0 Å². The standard InChI is InChI=1S/C15H23NO.C2H2O4/c1-5-8-16-9-10-17-15-11-14(12(2)3)7-6-13(15)4;3-1(4)2(5)6/h5-7,11-12,16H,1,8-10H2,2-4H3;(H,3,4)(H,5,6). The Labute approximate surface area is 136 Å². The minimum atomic E-state index is -1.82. The van der Waals surface area contributed by atoms with Gasteiger partial charge in [0.05, 0.1) is 0 Å². The summed E-state index contributed by atoms with van der Waals surface area (Å²) in [5.74, 6) is -2.11. The van der Waals surface area contributed by atoms with Crippen LogP contribution in [0.5, 0.6) is 5.75 Å². The number of hydrogen-bond acceptors (Lipinski definition) is 4. The third kappa shape index (κ3) is 9.31. The van der Waals surface area contributed by atoms with Crippen molar-refractivity contribution in [2.75, 3.05) is 19.7 Å². The summed E-state index contributed by atoms with van der Waals surface area (Å²) in [6, 6.07) is 6.44. The lowest BCUT2D eigenvalue weighted by molar-refractivity contribution is -0.159. The van der Waals surface area contributed by atoms with E-state index in [4.69, 9.17) is 24.5 Å². The molecule has 0 aliphatic heterocycles. The molecule has 0 unspecified atom stereocenters. The van der Waals surface area contributed by atoms with Gasteiger partial charge in [-0.2, -0.15) is 0 Å². The van der Waals surface area contributed by atoms with Gasteiger partial charge in [-0.25, -0.2) is 9.59 Å². The molecule has 3 N–H and O–H groups in total. The molecule has 23 heavy (non-hydrogen) atoms. The predicted molar refractivity (Wildman–Crippen MR) is 89.1 cm³/mol. The predicted octanol–water partition coefficient (Wildman–Crippen LogP) is 2.43. The highest BCUT2D eigenvalue weighted by molar-refractivity contribution is 6.27. The first-order valence-corrected chi connectivity index (χ1v) is 7.30. The van der Waals surface area contributed by atoms with Crippen molar-refractivity contribution in [1.82, 2.24) is 5.32 Å². The number of carbonyl (C=O) groups is 2. The molecule has 0 heterocycles. The highest BCUT2D eigenvalue weighted by Crippen LogP contribution is 2.24. The highest BCUT2D eigenvalue weighted by Gasteiger charge is 2.04.